The van der Waals surface area contributed by atoms with Crippen molar-refractivity contribution in [2.24, 2.45) is 0 Å². The molecule has 0 unspecified atom stereocenters. The number of rotatable bonds is 7. The van der Waals surface area contributed by atoms with Crippen molar-refractivity contribution in [1.82, 2.24) is 0 Å². The summed E-state index contributed by atoms with van der Waals surface area (Å²) in [6.45, 7) is 4.78. The largest absolute Gasteiger partial charge is 0.491 e. The van der Waals surface area contributed by atoms with Gasteiger partial charge in [0.05, 0.1) is 12.3 Å². The van der Waals surface area contributed by atoms with E-state index in [2.05, 4.69) is 12.2 Å². The van der Waals surface area contributed by atoms with Crippen LogP contribution >= 0.6 is 0 Å². The predicted octanol–water partition coefficient (Wildman–Crippen LogP) is 4.27. The SMILES string of the molecule is CCCOc1ccc(/C=C\C(=O)Nc2ccc(CC)cc2)cc1N. The van der Waals surface area contributed by atoms with Gasteiger partial charge in [-0.15, -0.1) is 0 Å². The highest BCUT2D eigenvalue weighted by Gasteiger charge is 2.02. The minimum atomic E-state index is -0.177. The summed E-state index contributed by atoms with van der Waals surface area (Å²) >= 11 is 0. The van der Waals surface area contributed by atoms with Crippen molar-refractivity contribution in [2.75, 3.05) is 17.7 Å². The molecule has 4 heteroatoms. The van der Waals surface area contributed by atoms with Gasteiger partial charge in [-0.3, -0.25) is 4.79 Å². The zero-order chi connectivity index (χ0) is 17.4. The van der Waals surface area contributed by atoms with Gasteiger partial charge >= 0.3 is 0 Å². The maximum Gasteiger partial charge on any atom is 0.248 e. The maximum absolute atomic E-state index is 12.0. The molecule has 0 saturated carbocycles. The second-order valence-electron chi connectivity index (χ2n) is 5.52. The van der Waals surface area contributed by atoms with E-state index >= 15 is 0 Å². The van der Waals surface area contributed by atoms with Crippen molar-refractivity contribution in [3.8, 4) is 5.75 Å². The Morgan fingerprint density at radius 1 is 1.17 bits per heavy atom. The lowest BCUT2D eigenvalue weighted by atomic mass is 10.1. The average molecular weight is 324 g/mol. The minimum Gasteiger partial charge on any atom is -0.491 e. The van der Waals surface area contributed by atoms with Gasteiger partial charge in [0.25, 0.3) is 0 Å². The molecular weight excluding hydrogens is 300 g/mol. The highest BCUT2D eigenvalue weighted by Crippen LogP contribution is 2.23. The third kappa shape index (κ3) is 5.16. The Kier molecular flexibility index (Phi) is 6.43. The molecule has 0 spiro atoms. The molecule has 0 bridgehead atoms. The number of carbonyl (C=O) groups excluding carboxylic acids is 1. The Morgan fingerprint density at radius 2 is 1.92 bits per heavy atom. The number of nitrogens with one attached hydrogen (secondary N) is 1. The van der Waals surface area contributed by atoms with E-state index in [1.165, 1.54) is 11.6 Å². The summed E-state index contributed by atoms with van der Waals surface area (Å²) in [5.74, 6) is 0.499. The topological polar surface area (TPSA) is 64.3 Å². The summed E-state index contributed by atoms with van der Waals surface area (Å²) in [6, 6.07) is 13.3. The Morgan fingerprint density at radius 3 is 2.54 bits per heavy atom. The Balaban J connectivity index is 1.96. The Labute approximate surface area is 143 Å². The zero-order valence-electron chi connectivity index (χ0n) is 14.2. The monoisotopic (exact) mass is 324 g/mol. The van der Waals surface area contributed by atoms with Crippen LogP contribution in [-0.4, -0.2) is 12.5 Å². The summed E-state index contributed by atoms with van der Waals surface area (Å²) in [5.41, 5.74) is 9.41. The van der Waals surface area contributed by atoms with Gasteiger partial charge in [-0.1, -0.05) is 32.0 Å². The van der Waals surface area contributed by atoms with Crippen LogP contribution in [0, 0.1) is 0 Å². The second kappa shape index (κ2) is 8.77. The first-order valence-electron chi connectivity index (χ1n) is 8.22. The van der Waals surface area contributed by atoms with E-state index < -0.39 is 0 Å². The summed E-state index contributed by atoms with van der Waals surface area (Å²) in [4.78, 5) is 12.0. The summed E-state index contributed by atoms with van der Waals surface area (Å²) in [5, 5.41) is 2.84. The van der Waals surface area contributed by atoms with Crippen LogP contribution < -0.4 is 15.8 Å². The number of hydrogen-bond donors (Lipinski definition) is 2. The standard InChI is InChI=1S/C20H24N2O2/c1-3-13-24-19-11-7-16(14-18(19)21)8-12-20(23)22-17-9-5-15(4-2)6-10-17/h5-12,14H,3-4,13,21H2,1-2H3,(H,22,23)/b12-8-. The molecule has 0 atom stereocenters. The molecule has 3 N–H and O–H groups in total. The van der Waals surface area contributed by atoms with Crippen molar-refractivity contribution >= 4 is 23.4 Å². The van der Waals surface area contributed by atoms with Crippen molar-refractivity contribution in [3.63, 3.8) is 0 Å². The lowest BCUT2D eigenvalue weighted by Gasteiger charge is -2.08. The maximum atomic E-state index is 12.0. The number of nitrogen functional groups attached to an aromatic ring is 1. The van der Waals surface area contributed by atoms with Crippen LogP contribution in [0.25, 0.3) is 6.08 Å². The Hall–Kier alpha value is -2.75. The van der Waals surface area contributed by atoms with E-state index in [1.54, 1.807) is 12.1 Å². The van der Waals surface area contributed by atoms with E-state index in [0.717, 1.165) is 24.1 Å². The number of ether oxygens (including phenoxy) is 1. The van der Waals surface area contributed by atoms with Crippen molar-refractivity contribution in [3.05, 3.63) is 59.7 Å². The van der Waals surface area contributed by atoms with Crippen molar-refractivity contribution in [1.29, 1.82) is 0 Å². The molecule has 0 aliphatic carbocycles. The molecule has 0 fully saturated rings. The fourth-order valence-corrected chi connectivity index (χ4v) is 2.19. The number of nitrogens with two attached hydrogens (primary N) is 1. The van der Waals surface area contributed by atoms with Crippen LogP contribution in [0.5, 0.6) is 5.75 Å². The molecule has 0 aliphatic heterocycles. The normalized spacial score (nSPS) is 10.8. The van der Waals surface area contributed by atoms with Crippen LogP contribution in [0.15, 0.2) is 48.5 Å². The summed E-state index contributed by atoms with van der Waals surface area (Å²) in [7, 11) is 0. The number of carbonyl (C=O) groups is 1. The summed E-state index contributed by atoms with van der Waals surface area (Å²) in [6.07, 6.45) is 5.14. The second-order valence-corrected chi connectivity index (χ2v) is 5.52. The van der Waals surface area contributed by atoms with E-state index in [0.29, 0.717) is 18.0 Å². The molecule has 2 aromatic rings. The van der Waals surface area contributed by atoms with Gasteiger partial charge in [-0.05, 0) is 54.3 Å². The van der Waals surface area contributed by atoms with Gasteiger partial charge < -0.3 is 15.8 Å². The van der Waals surface area contributed by atoms with Gasteiger partial charge in [0, 0.05) is 11.8 Å². The molecule has 126 valence electrons. The van der Waals surface area contributed by atoms with Gasteiger partial charge in [0.2, 0.25) is 5.91 Å². The zero-order valence-corrected chi connectivity index (χ0v) is 14.2. The third-order valence-corrected chi connectivity index (χ3v) is 3.55. The number of benzene rings is 2. The molecule has 0 saturated heterocycles. The van der Waals surface area contributed by atoms with E-state index in [-0.39, 0.29) is 5.91 Å². The van der Waals surface area contributed by atoms with Gasteiger partial charge in [-0.2, -0.15) is 0 Å². The molecule has 0 radical (unpaired) electrons. The minimum absolute atomic E-state index is 0.177. The lowest BCUT2D eigenvalue weighted by Crippen LogP contribution is -2.07. The fraction of sp³-hybridized carbons (Fsp3) is 0.250. The Bertz CT molecular complexity index is 706. The van der Waals surface area contributed by atoms with Crippen LogP contribution in [0.3, 0.4) is 0 Å². The van der Waals surface area contributed by atoms with Crippen LogP contribution in [0.2, 0.25) is 0 Å². The highest BCUT2D eigenvalue weighted by molar-refractivity contribution is 6.02. The molecule has 2 aromatic carbocycles. The van der Waals surface area contributed by atoms with E-state index in [9.17, 15) is 4.79 Å². The van der Waals surface area contributed by atoms with Crippen molar-refractivity contribution in [2.45, 2.75) is 26.7 Å². The molecular formula is C20H24N2O2. The smallest absolute Gasteiger partial charge is 0.248 e. The molecule has 0 aliphatic rings. The van der Waals surface area contributed by atoms with Gasteiger partial charge in [-0.25, -0.2) is 0 Å². The van der Waals surface area contributed by atoms with Gasteiger partial charge in [0.1, 0.15) is 5.75 Å². The number of anilines is 2. The molecule has 24 heavy (non-hydrogen) atoms. The molecule has 4 nitrogen and oxygen atoms in total. The average Bonchev–Trinajstić information content (AvgIpc) is 2.60. The first-order valence-corrected chi connectivity index (χ1v) is 8.22. The summed E-state index contributed by atoms with van der Waals surface area (Å²) < 4.78 is 5.54. The third-order valence-electron chi connectivity index (χ3n) is 3.55. The van der Waals surface area contributed by atoms with Crippen LogP contribution in [0.4, 0.5) is 11.4 Å². The number of amides is 1. The fourth-order valence-electron chi connectivity index (χ4n) is 2.19. The van der Waals surface area contributed by atoms with Gasteiger partial charge in [0.15, 0.2) is 0 Å². The highest BCUT2D eigenvalue weighted by atomic mass is 16.5. The van der Waals surface area contributed by atoms with E-state index in [1.807, 2.05) is 43.3 Å². The first-order chi connectivity index (χ1) is 11.6. The lowest BCUT2D eigenvalue weighted by molar-refractivity contribution is -0.111. The molecule has 2 rings (SSSR count). The van der Waals surface area contributed by atoms with E-state index in [4.69, 9.17) is 10.5 Å². The number of aryl methyl sites for hydroxylation is 1. The first kappa shape index (κ1) is 17.6. The molecule has 0 heterocycles. The molecule has 0 aromatic heterocycles. The van der Waals surface area contributed by atoms with Crippen LogP contribution in [-0.2, 0) is 11.2 Å². The quantitative estimate of drug-likeness (QED) is 0.590. The van der Waals surface area contributed by atoms with Crippen molar-refractivity contribution < 1.29 is 9.53 Å². The van der Waals surface area contributed by atoms with Crippen LogP contribution in [0.1, 0.15) is 31.4 Å². The molecule has 1 amide bonds. The predicted molar refractivity (Wildman–Crippen MR) is 100 cm³/mol. The number of hydrogen-bond acceptors (Lipinski definition) is 3.